The molecule has 0 saturated heterocycles. The average Bonchev–Trinajstić information content (AvgIpc) is 3.04. The Balaban J connectivity index is 1.48. The molecule has 0 saturated carbocycles. The van der Waals surface area contributed by atoms with Gasteiger partial charge in [-0.25, -0.2) is 0 Å². The number of hydrogen-bond acceptors (Lipinski definition) is 2. The van der Waals surface area contributed by atoms with E-state index < -0.39 is 0 Å². The Morgan fingerprint density at radius 3 is 1.71 bits per heavy atom. The molecule has 2 heterocycles. The van der Waals surface area contributed by atoms with Crippen LogP contribution in [-0.2, 0) is 0 Å². The quantitative estimate of drug-likeness (QED) is 0.213. The van der Waals surface area contributed by atoms with Gasteiger partial charge in [0.2, 0.25) is 0 Å². The van der Waals surface area contributed by atoms with Crippen LogP contribution in [0, 0.1) is 0 Å². The fourth-order valence-electron chi connectivity index (χ4n) is 7.08. The number of nitrogens with zero attached hydrogens (tertiary/aromatic N) is 2. The van der Waals surface area contributed by atoms with E-state index in [0.29, 0.717) is 0 Å². The Kier molecular flexibility index (Phi) is 4.73. The average molecular weight is 520 g/mol. The van der Waals surface area contributed by atoms with Crippen molar-refractivity contribution in [3.8, 4) is 0 Å². The molecular weight excluding hydrogens is 495 g/mol. The maximum atomic E-state index is 2.49. The van der Waals surface area contributed by atoms with Gasteiger partial charge in [0, 0.05) is 33.8 Å². The molecule has 0 amide bonds. The van der Waals surface area contributed by atoms with E-state index in [-0.39, 0.29) is 6.71 Å². The summed E-state index contributed by atoms with van der Waals surface area (Å²) in [6, 6.07) is 55.5. The number of fused-ring (bicyclic) bond motifs is 7. The SMILES string of the molecule is c1ccc(N2c3cc4ccccc4cc3B3c4ccccc4N(c4ccccc4)c4c3c2cc2ccccc42)cc1. The summed E-state index contributed by atoms with van der Waals surface area (Å²) < 4.78 is 0. The summed E-state index contributed by atoms with van der Waals surface area (Å²) in [6.45, 7) is 0.111. The summed E-state index contributed by atoms with van der Waals surface area (Å²) in [5.41, 5.74) is 11.4. The molecule has 190 valence electrons. The molecule has 9 rings (SSSR count). The molecule has 0 atom stereocenters. The molecule has 0 spiro atoms. The van der Waals surface area contributed by atoms with E-state index in [9.17, 15) is 0 Å². The van der Waals surface area contributed by atoms with E-state index in [0.717, 1.165) is 0 Å². The van der Waals surface area contributed by atoms with Crippen LogP contribution in [0.5, 0.6) is 0 Å². The molecule has 0 aliphatic carbocycles. The lowest BCUT2D eigenvalue weighted by Gasteiger charge is -2.44. The van der Waals surface area contributed by atoms with Crippen LogP contribution >= 0.6 is 0 Å². The molecule has 7 aromatic rings. The van der Waals surface area contributed by atoms with Crippen LogP contribution in [0.4, 0.5) is 34.1 Å². The first kappa shape index (κ1) is 22.5. The number of benzene rings is 7. The van der Waals surface area contributed by atoms with Crippen LogP contribution < -0.4 is 26.2 Å². The fourth-order valence-corrected chi connectivity index (χ4v) is 7.08. The van der Waals surface area contributed by atoms with Gasteiger partial charge in [-0.1, -0.05) is 109 Å². The number of para-hydroxylation sites is 3. The molecule has 0 unspecified atom stereocenters. The minimum atomic E-state index is 0.111. The Morgan fingerprint density at radius 1 is 0.390 bits per heavy atom. The highest BCUT2D eigenvalue weighted by atomic mass is 15.2. The summed E-state index contributed by atoms with van der Waals surface area (Å²) in [7, 11) is 0. The second-order valence-corrected chi connectivity index (χ2v) is 11.0. The van der Waals surface area contributed by atoms with Gasteiger partial charge in [0.25, 0.3) is 6.71 Å². The zero-order valence-corrected chi connectivity index (χ0v) is 22.4. The van der Waals surface area contributed by atoms with E-state index >= 15 is 0 Å². The normalized spacial score (nSPS) is 13.2. The molecule has 0 bridgehead atoms. The van der Waals surface area contributed by atoms with E-state index in [1.807, 2.05) is 0 Å². The molecule has 3 heteroatoms. The second kappa shape index (κ2) is 8.61. The van der Waals surface area contributed by atoms with Crippen LogP contribution in [0.2, 0.25) is 0 Å². The Morgan fingerprint density at radius 2 is 0.951 bits per heavy atom. The van der Waals surface area contributed by atoms with Gasteiger partial charge in [-0.2, -0.15) is 0 Å². The predicted octanol–water partition coefficient (Wildman–Crippen LogP) is 8.08. The maximum absolute atomic E-state index is 2.49. The van der Waals surface area contributed by atoms with Crippen LogP contribution in [-0.4, -0.2) is 6.71 Å². The van der Waals surface area contributed by atoms with E-state index in [4.69, 9.17) is 0 Å². The highest BCUT2D eigenvalue weighted by Crippen LogP contribution is 2.47. The summed E-state index contributed by atoms with van der Waals surface area (Å²) in [4.78, 5) is 4.98. The molecule has 0 N–H and O–H groups in total. The highest BCUT2D eigenvalue weighted by Gasteiger charge is 2.44. The Bertz CT molecular complexity index is 2120. The van der Waals surface area contributed by atoms with Crippen molar-refractivity contribution in [2.75, 3.05) is 9.80 Å². The molecule has 0 radical (unpaired) electrons. The standard InChI is InChI=1S/C38H25BN2/c1-3-16-29(17-4-1)40-35-24-27-14-8-7-13-26(27)23-33(35)39-32-21-11-12-22-34(32)41(30-18-5-2-6-19-30)38-31-20-10-9-15-28(31)25-36(40)37(38)39/h1-25H. The van der Waals surface area contributed by atoms with Gasteiger partial charge in [-0.05, 0) is 75.0 Å². The molecule has 7 aromatic carbocycles. The van der Waals surface area contributed by atoms with E-state index in [1.165, 1.54) is 72.1 Å². The van der Waals surface area contributed by atoms with Crippen molar-refractivity contribution in [2.45, 2.75) is 0 Å². The smallest absolute Gasteiger partial charge is 0.252 e. The monoisotopic (exact) mass is 520 g/mol. The Labute approximate surface area is 239 Å². The predicted molar refractivity (Wildman–Crippen MR) is 175 cm³/mol. The third-order valence-corrected chi connectivity index (χ3v) is 8.76. The lowest BCUT2D eigenvalue weighted by Crippen LogP contribution is -2.61. The molecule has 0 fully saturated rings. The van der Waals surface area contributed by atoms with E-state index in [2.05, 4.69) is 161 Å². The molecule has 0 aromatic heterocycles. The second-order valence-electron chi connectivity index (χ2n) is 11.0. The lowest BCUT2D eigenvalue weighted by molar-refractivity contribution is 1.27. The van der Waals surface area contributed by atoms with Crippen LogP contribution in [0.3, 0.4) is 0 Å². The van der Waals surface area contributed by atoms with Crippen molar-refractivity contribution in [3.63, 3.8) is 0 Å². The van der Waals surface area contributed by atoms with Gasteiger partial charge in [0.05, 0.1) is 5.69 Å². The van der Waals surface area contributed by atoms with Crippen molar-refractivity contribution in [3.05, 3.63) is 152 Å². The first-order valence-corrected chi connectivity index (χ1v) is 14.2. The first-order valence-electron chi connectivity index (χ1n) is 14.2. The third kappa shape index (κ3) is 3.20. The number of rotatable bonds is 2. The summed E-state index contributed by atoms with van der Waals surface area (Å²) in [6.07, 6.45) is 0. The zero-order valence-electron chi connectivity index (χ0n) is 22.4. The largest absolute Gasteiger partial charge is 0.311 e. The van der Waals surface area contributed by atoms with Gasteiger partial charge in [-0.3, -0.25) is 0 Å². The molecular formula is C38H25BN2. The van der Waals surface area contributed by atoms with Gasteiger partial charge in [0.1, 0.15) is 0 Å². The van der Waals surface area contributed by atoms with Crippen molar-refractivity contribution >= 4 is 78.8 Å². The number of anilines is 6. The van der Waals surface area contributed by atoms with Gasteiger partial charge in [-0.15, -0.1) is 0 Å². The maximum Gasteiger partial charge on any atom is 0.252 e. The molecule has 41 heavy (non-hydrogen) atoms. The highest BCUT2D eigenvalue weighted by molar-refractivity contribution is 7.00. The third-order valence-electron chi connectivity index (χ3n) is 8.76. The minimum Gasteiger partial charge on any atom is -0.311 e. The van der Waals surface area contributed by atoms with Gasteiger partial charge >= 0.3 is 0 Å². The molecule has 2 aliphatic heterocycles. The van der Waals surface area contributed by atoms with Gasteiger partial charge < -0.3 is 9.80 Å². The summed E-state index contributed by atoms with van der Waals surface area (Å²) in [5, 5.41) is 5.04. The molecule has 2 nitrogen and oxygen atoms in total. The number of hydrogen-bond donors (Lipinski definition) is 0. The van der Waals surface area contributed by atoms with Crippen LogP contribution in [0.25, 0.3) is 21.5 Å². The zero-order chi connectivity index (χ0) is 26.9. The minimum absolute atomic E-state index is 0.111. The lowest BCUT2D eigenvalue weighted by atomic mass is 9.33. The molecule has 2 aliphatic rings. The Hall–Kier alpha value is -5.28. The van der Waals surface area contributed by atoms with Crippen molar-refractivity contribution in [1.29, 1.82) is 0 Å². The van der Waals surface area contributed by atoms with Crippen molar-refractivity contribution in [2.24, 2.45) is 0 Å². The topological polar surface area (TPSA) is 6.48 Å². The first-order chi connectivity index (χ1) is 20.4. The van der Waals surface area contributed by atoms with Crippen LogP contribution in [0.1, 0.15) is 0 Å². The van der Waals surface area contributed by atoms with Crippen molar-refractivity contribution in [1.82, 2.24) is 0 Å². The summed E-state index contributed by atoms with van der Waals surface area (Å²) in [5.74, 6) is 0. The van der Waals surface area contributed by atoms with E-state index in [1.54, 1.807) is 0 Å². The van der Waals surface area contributed by atoms with Crippen molar-refractivity contribution < 1.29 is 0 Å². The fraction of sp³-hybridized carbons (Fsp3) is 0. The van der Waals surface area contributed by atoms with Crippen LogP contribution in [0.15, 0.2) is 152 Å². The van der Waals surface area contributed by atoms with Gasteiger partial charge in [0.15, 0.2) is 0 Å². The summed E-state index contributed by atoms with van der Waals surface area (Å²) >= 11 is 0.